The minimum atomic E-state index is -1.52. The molecule has 1 amide bonds. The Morgan fingerprint density at radius 1 is 1.03 bits per heavy atom. The summed E-state index contributed by atoms with van der Waals surface area (Å²) < 4.78 is 28.3. The van der Waals surface area contributed by atoms with Crippen molar-refractivity contribution in [1.29, 1.82) is 0 Å². The lowest BCUT2D eigenvalue weighted by molar-refractivity contribution is -0.122. The highest BCUT2D eigenvalue weighted by atomic mass is 32.2. The molecule has 0 aliphatic carbocycles. The van der Waals surface area contributed by atoms with E-state index in [1.54, 1.807) is 12.1 Å². The molecule has 2 aromatic rings. The molecule has 29 heavy (non-hydrogen) atoms. The zero-order chi connectivity index (χ0) is 20.7. The average Bonchev–Trinajstić information content (AvgIpc) is 2.77. The second-order valence-electron chi connectivity index (χ2n) is 6.83. The van der Waals surface area contributed by atoms with Crippen molar-refractivity contribution >= 4 is 16.7 Å². The molecule has 0 saturated carbocycles. The van der Waals surface area contributed by atoms with Crippen molar-refractivity contribution in [3.63, 3.8) is 0 Å². The first-order chi connectivity index (χ1) is 14.1. The molecule has 1 heterocycles. The highest BCUT2D eigenvalue weighted by Gasteiger charge is 2.45. The van der Waals surface area contributed by atoms with Crippen LogP contribution in [0.5, 0.6) is 5.75 Å². The van der Waals surface area contributed by atoms with Gasteiger partial charge in [-0.3, -0.25) is 9.00 Å². The van der Waals surface area contributed by atoms with Gasteiger partial charge in [-0.05, 0) is 55.2 Å². The largest absolute Gasteiger partial charge is 0.491 e. The van der Waals surface area contributed by atoms with Gasteiger partial charge < -0.3 is 19.9 Å². The molecular weight excluding hydrogens is 390 g/mol. The maximum absolute atomic E-state index is 13.1. The molecule has 7 heteroatoms. The van der Waals surface area contributed by atoms with Gasteiger partial charge in [-0.1, -0.05) is 24.3 Å². The van der Waals surface area contributed by atoms with Crippen molar-refractivity contribution in [3.05, 3.63) is 48.5 Å². The lowest BCUT2D eigenvalue weighted by Gasteiger charge is -2.33. The fraction of sp³-hybridized carbons (Fsp3) is 0.409. The Balaban J connectivity index is 1.69. The molecule has 0 radical (unpaired) electrons. The number of carbonyl (C=O) groups is 1. The van der Waals surface area contributed by atoms with Gasteiger partial charge in [0.15, 0.2) is 0 Å². The molecule has 2 N–H and O–H groups in total. The van der Waals surface area contributed by atoms with E-state index in [1.807, 2.05) is 43.3 Å². The molecule has 6 nitrogen and oxygen atoms in total. The fourth-order valence-corrected chi connectivity index (χ4v) is 4.88. The molecule has 1 unspecified atom stereocenters. The van der Waals surface area contributed by atoms with Gasteiger partial charge in [0.25, 0.3) is 0 Å². The molecule has 0 aromatic heterocycles. The van der Waals surface area contributed by atoms with E-state index in [2.05, 4.69) is 0 Å². The van der Waals surface area contributed by atoms with Crippen LogP contribution >= 0.6 is 0 Å². The number of benzene rings is 2. The molecule has 3 rings (SSSR count). The summed E-state index contributed by atoms with van der Waals surface area (Å²) in [6.07, 6.45) is 0.753. The molecule has 0 spiro atoms. The van der Waals surface area contributed by atoms with Gasteiger partial charge in [0.05, 0.1) is 17.4 Å². The van der Waals surface area contributed by atoms with Gasteiger partial charge in [0, 0.05) is 24.7 Å². The zero-order valence-corrected chi connectivity index (χ0v) is 17.4. The van der Waals surface area contributed by atoms with Crippen molar-refractivity contribution in [2.24, 2.45) is 5.73 Å². The third-order valence-electron chi connectivity index (χ3n) is 5.06. The summed E-state index contributed by atoms with van der Waals surface area (Å²) in [5.41, 5.74) is 7.64. The van der Waals surface area contributed by atoms with E-state index in [1.165, 1.54) is 0 Å². The fourth-order valence-electron chi connectivity index (χ4n) is 3.33. The summed E-state index contributed by atoms with van der Waals surface area (Å²) in [7, 11) is -1.52. The monoisotopic (exact) mass is 417 g/mol. The van der Waals surface area contributed by atoms with Gasteiger partial charge in [-0.25, -0.2) is 0 Å². The van der Waals surface area contributed by atoms with Crippen LogP contribution in [0.4, 0.5) is 0 Å². The molecule has 1 aliphatic rings. The number of primary amides is 1. The number of rotatable bonds is 9. The van der Waals surface area contributed by atoms with E-state index in [0.29, 0.717) is 50.8 Å². The SMILES string of the molecule is CCOCCOc1ccc(-c2ccc(S(=O)C3(C(N)=O)CCOCC3)cc2)cc1. The van der Waals surface area contributed by atoms with Crippen LogP contribution < -0.4 is 10.5 Å². The van der Waals surface area contributed by atoms with Crippen LogP contribution in [0.25, 0.3) is 11.1 Å². The first kappa shape index (κ1) is 21.5. The highest BCUT2D eigenvalue weighted by Crippen LogP contribution is 2.32. The predicted octanol–water partition coefficient (Wildman–Crippen LogP) is 2.91. The van der Waals surface area contributed by atoms with Gasteiger partial charge >= 0.3 is 0 Å². The van der Waals surface area contributed by atoms with Gasteiger partial charge in [0.1, 0.15) is 17.1 Å². The molecule has 1 saturated heterocycles. The number of carbonyl (C=O) groups excluding carboxylic acids is 1. The van der Waals surface area contributed by atoms with E-state index in [0.717, 1.165) is 16.9 Å². The number of amides is 1. The standard InChI is InChI=1S/C22H27NO5S/c1-2-26-15-16-28-19-7-3-17(4-8-19)18-5-9-20(10-6-18)29(25)22(21(23)24)11-13-27-14-12-22/h3-10H,2,11-16H2,1H3,(H2,23,24). The zero-order valence-electron chi connectivity index (χ0n) is 16.6. The topological polar surface area (TPSA) is 87.9 Å². The van der Waals surface area contributed by atoms with Gasteiger partial charge in [-0.15, -0.1) is 0 Å². The first-order valence-electron chi connectivity index (χ1n) is 9.77. The van der Waals surface area contributed by atoms with E-state index in [-0.39, 0.29) is 0 Å². The van der Waals surface area contributed by atoms with Crippen molar-refractivity contribution in [3.8, 4) is 16.9 Å². The summed E-state index contributed by atoms with van der Waals surface area (Å²) in [5, 5.41) is 0. The number of nitrogens with two attached hydrogens (primary N) is 1. The molecule has 1 fully saturated rings. The van der Waals surface area contributed by atoms with Gasteiger partial charge in [0.2, 0.25) is 5.91 Å². The van der Waals surface area contributed by atoms with Crippen LogP contribution in [0.2, 0.25) is 0 Å². The lowest BCUT2D eigenvalue weighted by atomic mass is 9.98. The second kappa shape index (κ2) is 10.0. The quantitative estimate of drug-likeness (QED) is 0.634. The molecule has 1 atom stereocenters. The third-order valence-corrected chi connectivity index (χ3v) is 7.08. The summed E-state index contributed by atoms with van der Waals surface area (Å²) in [6, 6.07) is 15.2. The number of hydrogen-bond donors (Lipinski definition) is 1. The third kappa shape index (κ3) is 5.04. The highest BCUT2D eigenvalue weighted by molar-refractivity contribution is 7.87. The predicted molar refractivity (Wildman–Crippen MR) is 112 cm³/mol. The van der Waals surface area contributed by atoms with Gasteiger partial charge in [-0.2, -0.15) is 0 Å². The summed E-state index contributed by atoms with van der Waals surface area (Å²) in [6.45, 7) is 4.50. The van der Waals surface area contributed by atoms with Crippen LogP contribution in [-0.4, -0.2) is 47.9 Å². The Hall–Kier alpha value is -2.22. The molecule has 0 bridgehead atoms. The van der Waals surface area contributed by atoms with E-state index in [4.69, 9.17) is 19.9 Å². The molecule has 2 aromatic carbocycles. The number of ether oxygens (including phenoxy) is 3. The average molecular weight is 418 g/mol. The first-order valence-corrected chi connectivity index (χ1v) is 10.9. The molecule has 1 aliphatic heterocycles. The van der Waals surface area contributed by atoms with E-state index < -0.39 is 21.5 Å². The van der Waals surface area contributed by atoms with Crippen LogP contribution in [0.3, 0.4) is 0 Å². The number of hydrogen-bond acceptors (Lipinski definition) is 5. The Bertz CT molecular complexity index is 829. The summed E-state index contributed by atoms with van der Waals surface area (Å²) in [4.78, 5) is 12.7. The summed E-state index contributed by atoms with van der Waals surface area (Å²) in [5.74, 6) is 0.261. The van der Waals surface area contributed by atoms with E-state index >= 15 is 0 Å². The van der Waals surface area contributed by atoms with Crippen LogP contribution in [0.15, 0.2) is 53.4 Å². The normalized spacial score (nSPS) is 16.9. The Kier molecular flexibility index (Phi) is 7.41. The Morgan fingerprint density at radius 2 is 1.62 bits per heavy atom. The summed E-state index contributed by atoms with van der Waals surface area (Å²) >= 11 is 0. The minimum Gasteiger partial charge on any atom is -0.491 e. The smallest absolute Gasteiger partial charge is 0.236 e. The van der Waals surface area contributed by atoms with E-state index in [9.17, 15) is 9.00 Å². The van der Waals surface area contributed by atoms with Crippen LogP contribution in [-0.2, 0) is 25.1 Å². The maximum atomic E-state index is 13.1. The molecule has 156 valence electrons. The van der Waals surface area contributed by atoms with Crippen LogP contribution in [0.1, 0.15) is 19.8 Å². The van der Waals surface area contributed by atoms with Crippen molar-refractivity contribution in [1.82, 2.24) is 0 Å². The Labute approximate surface area is 173 Å². The van der Waals surface area contributed by atoms with Crippen molar-refractivity contribution in [2.75, 3.05) is 33.0 Å². The maximum Gasteiger partial charge on any atom is 0.236 e. The molecular formula is C22H27NO5S. The van der Waals surface area contributed by atoms with Crippen LogP contribution in [0, 0.1) is 0 Å². The lowest BCUT2D eigenvalue weighted by Crippen LogP contribution is -2.51. The Morgan fingerprint density at radius 3 is 2.17 bits per heavy atom. The second-order valence-corrected chi connectivity index (χ2v) is 8.62. The minimum absolute atomic E-state index is 0.376. The van der Waals surface area contributed by atoms with Crippen molar-refractivity contribution in [2.45, 2.75) is 29.4 Å². The van der Waals surface area contributed by atoms with Crippen molar-refractivity contribution < 1.29 is 23.2 Å².